The molecule has 1 aromatic rings. The summed E-state index contributed by atoms with van der Waals surface area (Å²) in [6.45, 7) is 9.06. The third-order valence-corrected chi connectivity index (χ3v) is 1.89. The number of aromatic nitrogens is 3. The van der Waals surface area contributed by atoms with Crippen LogP contribution >= 0.6 is 12.2 Å². The second-order valence-corrected chi connectivity index (χ2v) is 3.80. The Labute approximate surface area is 88.6 Å². The molecule has 0 unspecified atom stereocenters. The highest BCUT2D eigenvalue weighted by atomic mass is 32.1. The number of ether oxygens (including phenoxy) is 1. The van der Waals surface area contributed by atoms with E-state index in [0.717, 1.165) is 0 Å². The van der Waals surface area contributed by atoms with Crippen LogP contribution in [0.15, 0.2) is 12.7 Å². The number of hydrogen-bond acceptors (Lipinski definition) is 3. The Balaban J connectivity index is 2.75. The fraction of sp³-hybridized carbons (Fsp3) is 0.556. The van der Waals surface area contributed by atoms with Gasteiger partial charge in [0.25, 0.3) is 0 Å². The number of rotatable bonds is 5. The molecule has 0 bridgehead atoms. The van der Waals surface area contributed by atoms with Gasteiger partial charge >= 0.3 is 6.01 Å². The molecule has 0 saturated carbocycles. The van der Waals surface area contributed by atoms with Gasteiger partial charge in [-0.05, 0) is 18.1 Å². The van der Waals surface area contributed by atoms with Crippen molar-refractivity contribution in [1.82, 2.24) is 14.8 Å². The van der Waals surface area contributed by atoms with E-state index in [-0.39, 0.29) is 0 Å². The first kappa shape index (κ1) is 11.0. The molecule has 0 fully saturated rings. The molecular formula is C9H15N3OS. The first-order valence-corrected chi connectivity index (χ1v) is 4.95. The molecule has 0 aliphatic rings. The zero-order chi connectivity index (χ0) is 10.6. The molecular weight excluding hydrogens is 198 g/mol. The lowest BCUT2D eigenvalue weighted by atomic mass is 10.2. The van der Waals surface area contributed by atoms with E-state index in [1.807, 2.05) is 0 Å². The topological polar surface area (TPSA) is 42.8 Å². The Morgan fingerprint density at radius 3 is 3.00 bits per heavy atom. The predicted molar refractivity (Wildman–Crippen MR) is 57.9 cm³/mol. The zero-order valence-electron chi connectivity index (χ0n) is 8.49. The smallest absolute Gasteiger partial charge is 0.316 e. The average Bonchev–Trinajstić information content (AvgIpc) is 2.46. The fourth-order valence-corrected chi connectivity index (χ4v) is 1.14. The van der Waals surface area contributed by atoms with Crippen molar-refractivity contribution in [3.8, 4) is 6.01 Å². The molecule has 14 heavy (non-hydrogen) atoms. The van der Waals surface area contributed by atoms with Crippen LogP contribution < -0.4 is 4.74 Å². The number of aromatic amines is 1. The summed E-state index contributed by atoms with van der Waals surface area (Å²) in [5.41, 5.74) is 0. The molecule has 0 aliphatic heterocycles. The molecule has 0 aromatic carbocycles. The highest BCUT2D eigenvalue weighted by molar-refractivity contribution is 7.71. The minimum atomic E-state index is 0.470. The van der Waals surface area contributed by atoms with E-state index >= 15 is 0 Å². The van der Waals surface area contributed by atoms with Gasteiger partial charge in [-0.15, -0.1) is 11.7 Å². The molecule has 1 aromatic heterocycles. The van der Waals surface area contributed by atoms with Crippen molar-refractivity contribution >= 4 is 12.2 Å². The van der Waals surface area contributed by atoms with E-state index in [1.165, 1.54) is 0 Å². The Morgan fingerprint density at radius 2 is 2.43 bits per heavy atom. The lowest BCUT2D eigenvalue weighted by Gasteiger charge is -2.07. The summed E-state index contributed by atoms with van der Waals surface area (Å²) in [4.78, 5) is 0. The Morgan fingerprint density at radius 1 is 1.71 bits per heavy atom. The van der Waals surface area contributed by atoms with Crippen LogP contribution in [0.25, 0.3) is 0 Å². The van der Waals surface area contributed by atoms with Crippen molar-refractivity contribution in [2.45, 2.75) is 20.4 Å². The lowest BCUT2D eigenvalue weighted by Crippen LogP contribution is -2.09. The number of hydrogen-bond donors (Lipinski definition) is 1. The largest absolute Gasteiger partial charge is 0.463 e. The fourth-order valence-electron chi connectivity index (χ4n) is 0.945. The minimum absolute atomic E-state index is 0.470. The molecule has 1 rings (SSSR count). The molecule has 0 aliphatic carbocycles. The third kappa shape index (κ3) is 2.70. The van der Waals surface area contributed by atoms with Gasteiger partial charge in [0.15, 0.2) is 4.77 Å². The van der Waals surface area contributed by atoms with Crippen LogP contribution in [0.1, 0.15) is 13.8 Å². The van der Waals surface area contributed by atoms with Gasteiger partial charge in [-0.25, -0.2) is 5.10 Å². The van der Waals surface area contributed by atoms with Gasteiger partial charge in [-0.3, -0.25) is 4.57 Å². The maximum Gasteiger partial charge on any atom is 0.316 e. The second-order valence-electron chi connectivity index (χ2n) is 3.42. The number of allylic oxidation sites excluding steroid dienone is 1. The van der Waals surface area contributed by atoms with Gasteiger partial charge in [0.2, 0.25) is 0 Å². The summed E-state index contributed by atoms with van der Waals surface area (Å²) in [7, 11) is 0. The normalized spacial score (nSPS) is 10.5. The Bertz CT molecular complexity index is 353. The first-order chi connectivity index (χ1) is 6.65. The van der Waals surface area contributed by atoms with Crippen molar-refractivity contribution in [3.63, 3.8) is 0 Å². The summed E-state index contributed by atoms with van der Waals surface area (Å²) in [5.74, 6) is 0.470. The van der Waals surface area contributed by atoms with E-state index in [0.29, 0.717) is 29.9 Å². The Kier molecular flexibility index (Phi) is 3.88. The molecule has 0 radical (unpaired) electrons. The first-order valence-electron chi connectivity index (χ1n) is 4.54. The van der Waals surface area contributed by atoms with Gasteiger partial charge in [-0.1, -0.05) is 19.9 Å². The minimum Gasteiger partial charge on any atom is -0.463 e. The van der Waals surface area contributed by atoms with Crippen molar-refractivity contribution < 1.29 is 4.74 Å². The van der Waals surface area contributed by atoms with Crippen LogP contribution in [0.3, 0.4) is 0 Å². The number of H-pyrrole nitrogens is 1. The number of nitrogens with one attached hydrogen (secondary N) is 1. The lowest BCUT2D eigenvalue weighted by molar-refractivity contribution is 0.241. The monoisotopic (exact) mass is 213 g/mol. The summed E-state index contributed by atoms with van der Waals surface area (Å²) in [5, 5.41) is 6.67. The van der Waals surface area contributed by atoms with Crippen molar-refractivity contribution in [3.05, 3.63) is 17.4 Å². The maximum absolute atomic E-state index is 5.48. The molecule has 0 atom stereocenters. The zero-order valence-corrected chi connectivity index (χ0v) is 9.30. The van der Waals surface area contributed by atoms with Gasteiger partial charge in [0, 0.05) is 6.54 Å². The van der Waals surface area contributed by atoms with E-state index in [2.05, 4.69) is 30.6 Å². The van der Waals surface area contributed by atoms with E-state index in [4.69, 9.17) is 17.0 Å². The SMILES string of the molecule is C=CCn1c(OCC(C)C)n[nH]c1=S. The van der Waals surface area contributed by atoms with Crippen LogP contribution in [0.5, 0.6) is 6.01 Å². The van der Waals surface area contributed by atoms with Crippen molar-refractivity contribution in [2.75, 3.05) is 6.61 Å². The second kappa shape index (κ2) is 4.95. The van der Waals surface area contributed by atoms with Crippen molar-refractivity contribution in [1.29, 1.82) is 0 Å². The molecule has 1 heterocycles. The van der Waals surface area contributed by atoms with Crippen molar-refractivity contribution in [2.24, 2.45) is 5.92 Å². The summed E-state index contributed by atoms with van der Waals surface area (Å²) < 4.78 is 7.81. The average molecular weight is 213 g/mol. The Hall–Kier alpha value is -1.10. The highest BCUT2D eigenvalue weighted by Gasteiger charge is 2.06. The van der Waals surface area contributed by atoms with E-state index < -0.39 is 0 Å². The van der Waals surface area contributed by atoms with E-state index in [1.54, 1.807) is 10.6 Å². The summed E-state index contributed by atoms with van der Waals surface area (Å²) in [6.07, 6.45) is 1.76. The van der Waals surface area contributed by atoms with Crippen LogP contribution in [0, 0.1) is 10.7 Å². The quantitative estimate of drug-likeness (QED) is 0.602. The van der Waals surface area contributed by atoms with Crippen LogP contribution in [0.2, 0.25) is 0 Å². The van der Waals surface area contributed by atoms with Gasteiger partial charge in [0.05, 0.1) is 6.61 Å². The molecule has 0 spiro atoms. The summed E-state index contributed by atoms with van der Waals surface area (Å²) >= 11 is 5.04. The standard InChI is InChI=1S/C9H15N3OS/c1-4-5-12-8(10-11-9(12)14)13-6-7(2)3/h4,7H,1,5-6H2,2-3H3,(H,11,14). The van der Waals surface area contributed by atoms with Crippen LogP contribution in [0.4, 0.5) is 0 Å². The molecule has 5 heteroatoms. The molecule has 0 saturated heterocycles. The molecule has 78 valence electrons. The summed E-state index contributed by atoms with van der Waals surface area (Å²) in [6, 6.07) is 0.531. The van der Waals surface area contributed by atoms with Crippen LogP contribution in [-0.2, 0) is 6.54 Å². The van der Waals surface area contributed by atoms with Gasteiger partial charge in [0.1, 0.15) is 0 Å². The van der Waals surface area contributed by atoms with E-state index in [9.17, 15) is 0 Å². The van der Waals surface area contributed by atoms with Gasteiger partial charge in [-0.2, -0.15) is 0 Å². The molecule has 1 N–H and O–H groups in total. The molecule has 4 nitrogen and oxygen atoms in total. The highest BCUT2D eigenvalue weighted by Crippen LogP contribution is 2.08. The number of nitrogens with zero attached hydrogens (tertiary/aromatic N) is 2. The predicted octanol–water partition coefficient (Wildman–Crippen LogP) is 2.16. The molecule has 0 amide bonds. The van der Waals surface area contributed by atoms with Crippen LogP contribution in [-0.4, -0.2) is 21.4 Å². The maximum atomic E-state index is 5.48. The van der Waals surface area contributed by atoms with Gasteiger partial charge < -0.3 is 4.74 Å². The third-order valence-electron chi connectivity index (χ3n) is 1.58.